The van der Waals surface area contributed by atoms with Gasteiger partial charge in [-0.1, -0.05) is 38.1 Å². The van der Waals surface area contributed by atoms with Gasteiger partial charge in [0.2, 0.25) is 11.8 Å². The lowest BCUT2D eigenvalue weighted by Gasteiger charge is -2.29. The first-order valence-electron chi connectivity index (χ1n) is 10.2. The lowest BCUT2D eigenvalue weighted by molar-refractivity contribution is -0.136. The van der Waals surface area contributed by atoms with Crippen LogP contribution in [-0.4, -0.2) is 33.0 Å². The Bertz CT molecular complexity index is 886. The predicted octanol–water partition coefficient (Wildman–Crippen LogP) is 2.62. The van der Waals surface area contributed by atoms with Gasteiger partial charge in [0.25, 0.3) is 0 Å². The van der Waals surface area contributed by atoms with Crippen LogP contribution in [0.15, 0.2) is 30.3 Å². The lowest BCUT2D eigenvalue weighted by Crippen LogP contribution is -2.40. The quantitative estimate of drug-likeness (QED) is 0.867. The van der Waals surface area contributed by atoms with E-state index < -0.39 is 0 Å². The second-order valence-corrected chi connectivity index (χ2v) is 8.18. The Balaban J connectivity index is 1.32. The number of amides is 2. The van der Waals surface area contributed by atoms with Crippen LogP contribution in [0.5, 0.6) is 0 Å². The van der Waals surface area contributed by atoms with Crippen molar-refractivity contribution in [1.29, 1.82) is 0 Å². The summed E-state index contributed by atoms with van der Waals surface area (Å²) < 4.78 is 1.96. The third kappa shape index (κ3) is 3.81. The Morgan fingerprint density at radius 2 is 2.07 bits per heavy atom. The van der Waals surface area contributed by atoms with Crippen LogP contribution in [0, 0.1) is 5.92 Å². The Morgan fingerprint density at radius 3 is 2.89 bits per heavy atom. The van der Waals surface area contributed by atoms with E-state index in [1.54, 1.807) is 0 Å². The molecule has 0 bridgehead atoms. The fraction of sp³-hybridized carbons (Fsp3) is 0.500. The van der Waals surface area contributed by atoms with Crippen LogP contribution >= 0.6 is 0 Å². The number of aryl methyl sites for hydroxylation is 1. The molecule has 0 saturated heterocycles. The number of nitrogens with zero attached hydrogens (tertiary/aromatic N) is 3. The second kappa shape index (κ2) is 7.78. The van der Waals surface area contributed by atoms with Crippen molar-refractivity contribution < 1.29 is 9.59 Å². The maximum Gasteiger partial charge on any atom is 0.225 e. The third-order valence-corrected chi connectivity index (χ3v) is 5.81. The number of carbonyl (C=O) groups excluding carboxylic acids is 2. The Kier molecular flexibility index (Phi) is 5.20. The molecular weight excluding hydrogens is 352 g/mol. The minimum atomic E-state index is 0.00829. The Morgan fingerprint density at radius 1 is 1.25 bits per heavy atom. The largest absolute Gasteiger partial charge is 0.350 e. The molecule has 2 aliphatic rings. The number of aromatic nitrogens is 2. The van der Waals surface area contributed by atoms with Crippen LogP contribution in [0.3, 0.4) is 0 Å². The van der Waals surface area contributed by atoms with Crippen LogP contribution in [-0.2, 0) is 35.6 Å². The molecular formula is C22H28N4O2. The summed E-state index contributed by atoms with van der Waals surface area (Å²) in [5.41, 5.74) is 4.59. The molecule has 1 aromatic carbocycles. The highest BCUT2D eigenvalue weighted by Gasteiger charge is 2.25. The van der Waals surface area contributed by atoms with Crippen LogP contribution in [0.1, 0.15) is 55.1 Å². The molecule has 2 aromatic rings. The summed E-state index contributed by atoms with van der Waals surface area (Å²) in [6.07, 6.45) is 2.64. The van der Waals surface area contributed by atoms with Crippen LogP contribution in [0.25, 0.3) is 0 Å². The molecule has 1 aliphatic heterocycles. The highest BCUT2D eigenvalue weighted by molar-refractivity contribution is 5.78. The van der Waals surface area contributed by atoms with E-state index in [-0.39, 0.29) is 17.7 Å². The Labute approximate surface area is 165 Å². The molecule has 1 N–H and O–H groups in total. The summed E-state index contributed by atoms with van der Waals surface area (Å²) in [6.45, 7) is 6.29. The van der Waals surface area contributed by atoms with Gasteiger partial charge >= 0.3 is 0 Å². The standard InChI is InChI=1S/C22H28N4O2/c1-15(2)22(28)25-9-10-26-19(14-25)12-18(24-26)13-23-21(27)11-17-8-7-16-5-3-4-6-20(16)17/h3-6,12,15,17H,7-11,13-14H2,1-2H3,(H,23,27)/t17-/m1/s1. The summed E-state index contributed by atoms with van der Waals surface area (Å²) in [5, 5.41) is 7.62. The number of rotatable bonds is 5. The van der Waals surface area contributed by atoms with Crippen molar-refractivity contribution in [2.45, 2.75) is 58.7 Å². The zero-order valence-electron chi connectivity index (χ0n) is 16.6. The van der Waals surface area contributed by atoms with Gasteiger partial charge in [0.15, 0.2) is 0 Å². The Hall–Kier alpha value is -2.63. The van der Waals surface area contributed by atoms with Crippen molar-refractivity contribution in [3.05, 3.63) is 52.8 Å². The normalized spacial score (nSPS) is 18.1. The van der Waals surface area contributed by atoms with Crippen molar-refractivity contribution in [2.75, 3.05) is 6.54 Å². The van der Waals surface area contributed by atoms with Gasteiger partial charge in [-0.15, -0.1) is 0 Å². The molecule has 0 radical (unpaired) electrons. The number of nitrogens with one attached hydrogen (secondary N) is 1. The zero-order valence-corrected chi connectivity index (χ0v) is 16.6. The second-order valence-electron chi connectivity index (χ2n) is 8.18. The SMILES string of the molecule is CC(C)C(=O)N1CCn2nc(CNC(=O)C[C@H]3CCc4ccccc43)cc2C1. The van der Waals surface area contributed by atoms with Crippen LogP contribution in [0.4, 0.5) is 0 Å². The minimum absolute atomic E-state index is 0.00829. The smallest absolute Gasteiger partial charge is 0.225 e. The average molecular weight is 380 g/mol. The molecule has 6 heteroatoms. The van der Waals surface area contributed by atoms with Crippen LogP contribution < -0.4 is 5.32 Å². The van der Waals surface area contributed by atoms with Crippen LogP contribution in [0.2, 0.25) is 0 Å². The third-order valence-electron chi connectivity index (χ3n) is 5.81. The molecule has 1 aromatic heterocycles. The summed E-state index contributed by atoms with van der Waals surface area (Å²) in [6, 6.07) is 10.4. The van der Waals surface area contributed by atoms with Crippen molar-refractivity contribution in [3.63, 3.8) is 0 Å². The number of hydrogen-bond acceptors (Lipinski definition) is 3. The molecule has 2 amide bonds. The first-order chi connectivity index (χ1) is 13.5. The van der Waals surface area contributed by atoms with Crippen molar-refractivity contribution in [2.24, 2.45) is 5.92 Å². The van der Waals surface area contributed by atoms with E-state index in [1.807, 2.05) is 29.5 Å². The van der Waals surface area contributed by atoms with E-state index >= 15 is 0 Å². The first-order valence-corrected chi connectivity index (χ1v) is 10.2. The van der Waals surface area contributed by atoms with E-state index in [0.717, 1.165) is 24.2 Å². The minimum Gasteiger partial charge on any atom is -0.350 e. The number of fused-ring (bicyclic) bond motifs is 2. The molecule has 1 atom stereocenters. The highest BCUT2D eigenvalue weighted by atomic mass is 16.2. The molecule has 6 nitrogen and oxygen atoms in total. The van der Waals surface area contributed by atoms with Gasteiger partial charge in [0.1, 0.15) is 0 Å². The monoisotopic (exact) mass is 380 g/mol. The topological polar surface area (TPSA) is 67.2 Å². The van der Waals surface area contributed by atoms with E-state index in [9.17, 15) is 9.59 Å². The van der Waals surface area contributed by atoms with E-state index in [4.69, 9.17) is 0 Å². The van der Waals surface area contributed by atoms with Gasteiger partial charge < -0.3 is 10.2 Å². The molecule has 4 rings (SSSR count). The molecule has 0 saturated carbocycles. The lowest BCUT2D eigenvalue weighted by atomic mass is 9.97. The van der Waals surface area contributed by atoms with Gasteiger partial charge in [0, 0.05) is 18.9 Å². The van der Waals surface area contributed by atoms with Crippen molar-refractivity contribution >= 4 is 11.8 Å². The average Bonchev–Trinajstić information content (AvgIpc) is 3.29. The van der Waals surface area contributed by atoms with Gasteiger partial charge in [0.05, 0.1) is 31.0 Å². The van der Waals surface area contributed by atoms with Crippen molar-refractivity contribution in [1.82, 2.24) is 20.0 Å². The van der Waals surface area contributed by atoms with Gasteiger partial charge in [-0.25, -0.2) is 0 Å². The molecule has 0 unspecified atom stereocenters. The van der Waals surface area contributed by atoms with Crippen molar-refractivity contribution in [3.8, 4) is 0 Å². The number of hydrogen-bond donors (Lipinski definition) is 1. The fourth-order valence-electron chi connectivity index (χ4n) is 4.31. The predicted molar refractivity (Wildman–Crippen MR) is 106 cm³/mol. The van der Waals surface area contributed by atoms with Gasteiger partial charge in [-0.05, 0) is 36.0 Å². The maximum atomic E-state index is 12.4. The molecule has 1 aliphatic carbocycles. The molecule has 148 valence electrons. The molecule has 2 heterocycles. The van der Waals surface area contributed by atoms with E-state index in [2.05, 4.69) is 34.7 Å². The molecule has 28 heavy (non-hydrogen) atoms. The van der Waals surface area contributed by atoms with Gasteiger partial charge in [-0.2, -0.15) is 5.10 Å². The summed E-state index contributed by atoms with van der Waals surface area (Å²) >= 11 is 0. The number of carbonyl (C=O) groups is 2. The summed E-state index contributed by atoms with van der Waals surface area (Å²) in [5.74, 6) is 0.583. The van der Waals surface area contributed by atoms with Gasteiger partial charge in [-0.3, -0.25) is 14.3 Å². The number of benzene rings is 1. The summed E-state index contributed by atoms with van der Waals surface area (Å²) in [4.78, 5) is 26.6. The summed E-state index contributed by atoms with van der Waals surface area (Å²) in [7, 11) is 0. The van der Waals surface area contributed by atoms with E-state index in [0.29, 0.717) is 38.5 Å². The fourth-order valence-corrected chi connectivity index (χ4v) is 4.31. The van der Waals surface area contributed by atoms with E-state index in [1.165, 1.54) is 11.1 Å². The maximum absolute atomic E-state index is 12.4. The first kappa shape index (κ1) is 18.7. The molecule has 0 fully saturated rings. The molecule has 0 spiro atoms. The highest BCUT2D eigenvalue weighted by Crippen LogP contribution is 2.35. The zero-order chi connectivity index (χ0) is 19.7.